The zero-order valence-corrected chi connectivity index (χ0v) is 14.9. The van der Waals surface area contributed by atoms with Gasteiger partial charge in [-0.25, -0.2) is 0 Å². The summed E-state index contributed by atoms with van der Waals surface area (Å²) in [5.74, 6) is -1.96. The number of ether oxygens (including phenoxy) is 2. The Kier molecular flexibility index (Phi) is 7.64. The molecular formula is C14H29O5P. The fourth-order valence-electron chi connectivity index (χ4n) is 1.37. The first kappa shape index (κ1) is 19.8. The Bertz CT molecular complexity index is 348. The van der Waals surface area contributed by atoms with Gasteiger partial charge in [-0.2, -0.15) is 0 Å². The van der Waals surface area contributed by atoms with Gasteiger partial charge in [0, 0.05) is 14.2 Å². The molecule has 0 atom stereocenters. The van der Waals surface area contributed by atoms with Crippen molar-refractivity contribution in [3.05, 3.63) is 11.6 Å². The topological polar surface area (TPSA) is 54.0 Å². The van der Waals surface area contributed by atoms with E-state index in [2.05, 4.69) is 0 Å². The molecule has 0 spiro atoms. The summed E-state index contributed by atoms with van der Waals surface area (Å²) >= 11 is 0. The largest absolute Gasteiger partial charge is 0.353 e. The van der Waals surface area contributed by atoms with Gasteiger partial charge in [-0.05, 0) is 48.0 Å². The van der Waals surface area contributed by atoms with Gasteiger partial charge in [0.15, 0.2) is 11.6 Å². The Labute approximate surface area is 123 Å². The first-order valence-electron chi connectivity index (χ1n) is 6.69. The number of rotatable bonds is 9. The van der Waals surface area contributed by atoms with Crippen LogP contribution in [0.25, 0.3) is 0 Å². The van der Waals surface area contributed by atoms with Gasteiger partial charge in [0.05, 0.1) is 6.16 Å². The molecule has 20 heavy (non-hydrogen) atoms. The van der Waals surface area contributed by atoms with Crippen LogP contribution in [-0.4, -0.2) is 32.0 Å². The molecule has 0 aromatic carbocycles. The number of hydrogen-bond acceptors (Lipinski definition) is 5. The van der Waals surface area contributed by atoms with E-state index in [9.17, 15) is 4.57 Å². The molecule has 6 heteroatoms. The molecule has 0 amide bonds. The Balaban J connectivity index is 5.03. The standard InChI is InChI=1S/C14H29O5P/c1-12(2)10-9-11-20(15,18-13(3,4)16-7)19-14(5,6)17-8/h10H,9,11H2,1-8H3. The molecule has 0 fully saturated rings. The third kappa shape index (κ3) is 8.18. The van der Waals surface area contributed by atoms with Gasteiger partial charge >= 0.3 is 7.60 Å². The van der Waals surface area contributed by atoms with E-state index in [1.165, 1.54) is 14.2 Å². The average molecular weight is 308 g/mol. The highest BCUT2D eigenvalue weighted by Crippen LogP contribution is 2.55. The molecule has 0 aromatic rings. The maximum absolute atomic E-state index is 12.9. The molecule has 0 aliphatic rings. The van der Waals surface area contributed by atoms with Crippen molar-refractivity contribution in [3.63, 3.8) is 0 Å². The molecule has 0 aliphatic heterocycles. The summed E-state index contributed by atoms with van der Waals surface area (Å²) in [6.45, 7) is 10.8. The first-order chi connectivity index (χ1) is 8.95. The predicted molar refractivity (Wildman–Crippen MR) is 80.9 cm³/mol. The SMILES string of the molecule is COC(C)(C)OP(=O)(CCC=C(C)C)OC(C)(C)OC. The molecular weight excluding hydrogens is 279 g/mol. The Morgan fingerprint density at radius 3 is 1.70 bits per heavy atom. The van der Waals surface area contributed by atoms with Crippen molar-refractivity contribution < 1.29 is 23.1 Å². The number of allylic oxidation sites excluding steroid dienone is 2. The van der Waals surface area contributed by atoms with Crippen molar-refractivity contribution in [1.82, 2.24) is 0 Å². The van der Waals surface area contributed by atoms with E-state index in [-0.39, 0.29) is 6.16 Å². The highest BCUT2D eigenvalue weighted by atomic mass is 31.2. The summed E-state index contributed by atoms with van der Waals surface area (Å²) < 4.78 is 34.5. The van der Waals surface area contributed by atoms with Gasteiger partial charge in [-0.3, -0.25) is 13.6 Å². The molecule has 0 unspecified atom stereocenters. The van der Waals surface area contributed by atoms with E-state index in [1.807, 2.05) is 19.9 Å². The van der Waals surface area contributed by atoms with Crippen molar-refractivity contribution in [2.75, 3.05) is 20.4 Å². The normalized spacial score (nSPS) is 13.4. The summed E-state index contributed by atoms with van der Waals surface area (Å²) in [6.07, 6.45) is 2.88. The van der Waals surface area contributed by atoms with Crippen LogP contribution < -0.4 is 0 Å². The van der Waals surface area contributed by atoms with Crippen LogP contribution in [0.1, 0.15) is 48.0 Å². The Morgan fingerprint density at radius 1 is 1.00 bits per heavy atom. The zero-order chi connectivity index (χ0) is 16.0. The lowest BCUT2D eigenvalue weighted by molar-refractivity contribution is -0.173. The molecule has 120 valence electrons. The van der Waals surface area contributed by atoms with Gasteiger partial charge in [0.1, 0.15) is 0 Å². The third-order valence-corrected chi connectivity index (χ3v) is 4.90. The maximum Gasteiger partial charge on any atom is 0.335 e. The fourth-order valence-corrected chi connectivity index (χ4v) is 3.52. The molecule has 0 N–H and O–H groups in total. The van der Waals surface area contributed by atoms with E-state index in [0.717, 1.165) is 5.57 Å². The highest BCUT2D eigenvalue weighted by molar-refractivity contribution is 7.53. The minimum Gasteiger partial charge on any atom is -0.353 e. The molecule has 0 aromatic heterocycles. The van der Waals surface area contributed by atoms with Gasteiger partial charge in [0.2, 0.25) is 0 Å². The van der Waals surface area contributed by atoms with Crippen molar-refractivity contribution in [3.8, 4) is 0 Å². The fraction of sp³-hybridized carbons (Fsp3) is 0.857. The minimum absolute atomic E-state index is 0.276. The first-order valence-corrected chi connectivity index (χ1v) is 8.42. The van der Waals surface area contributed by atoms with Crippen LogP contribution in [-0.2, 0) is 23.1 Å². The van der Waals surface area contributed by atoms with Crippen molar-refractivity contribution in [1.29, 1.82) is 0 Å². The number of hydrogen-bond donors (Lipinski definition) is 0. The van der Waals surface area contributed by atoms with Crippen molar-refractivity contribution in [2.24, 2.45) is 0 Å². The monoisotopic (exact) mass is 308 g/mol. The van der Waals surface area contributed by atoms with Crippen LogP contribution in [0.15, 0.2) is 11.6 Å². The Morgan fingerprint density at radius 2 is 1.40 bits per heavy atom. The highest BCUT2D eigenvalue weighted by Gasteiger charge is 2.38. The van der Waals surface area contributed by atoms with Gasteiger partial charge in [-0.1, -0.05) is 11.6 Å². The molecule has 0 rings (SSSR count). The molecule has 0 saturated heterocycles. The van der Waals surface area contributed by atoms with Crippen LogP contribution in [0.3, 0.4) is 0 Å². The minimum atomic E-state index is -3.35. The summed E-state index contributed by atoms with van der Waals surface area (Å²) in [5.41, 5.74) is 1.16. The maximum atomic E-state index is 12.9. The lowest BCUT2D eigenvalue weighted by Crippen LogP contribution is -2.31. The quantitative estimate of drug-likeness (QED) is 0.360. The smallest absolute Gasteiger partial charge is 0.335 e. The average Bonchev–Trinajstić information content (AvgIpc) is 2.26. The van der Waals surface area contributed by atoms with E-state index in [1.54, 1.807) is 27.7 Å². The molecule has 0 aliphatic carbocycles. The van der Waals surface area contributed by atoms with Crippen molar-refractivity contribution >= 4 is 7.60 Å². The molecule has 0 heterocycles. The van der Waals surface area contributed by atoms with E-state index < -0.39 is 19.2 Å². The second kappa shape index (κ2) is 7.71. The lowest BCUT2D eigenvalue weighted by Gasteiger charge is -2.33. The second-order valence-electron chi connectivity index (χ2n) is 5.80. The van der Waals surface area contributed by atoms with E-state index in [4.69, 9.17) is 18.5 Å². The van der Waals surface area contributed by atoms with E-state index >= 15 is 0 Å². The van der Waals surface area contributed by atoms with E-state index in [0.29, 0.717) is 6.42 Å². The van der Waals surface area contributed by atoms with Crippen molar-refractivity contribution in [2.45, 2.75) is 59.5 Å². The van der Waals surface area contributed by atoms with Crippen LogP contribution >= 0.6 is 7.60 Å². The van der Waals surface area contributed by atoms with Crippen LogP contribution in [0.2, 0.25) is 0 Å². The Hall–Kier alpha value is -0.190. The van der Waals surface area contributed by atoms with Gasteiger partial charge < -0.3 is 9.47 Å². The summed E-state index contributed by atoms with van der Waals surface area (Å²) in [6, 6.07) is 0. The summed E-state index contributed by atoms with van der Waals surface area (Å²) in [5, 5.41) is 0. The molecule has 0 bridgehead atoms. The zero-order valence-electron chi connectivity index (χ0n) is 14.0. The predicted octanol–water partition coefficient (Wildman–Crippen LogP) is 4.33. The second-order valence-corrected chi connectivity index (χ2v) is 7.83. The molecule has 0 saturated carbocycles. The van der Waals surface area contributed by atoms with Crippen LogP contribution in [0.4, 0.5) is 0 Å². The van der Waals surface area contributed by atoms with Crippen LogP contribution in [0, 0.1) is 0 Å². The molecule has 5 nitrogen and oxygen atoms in total. The summed E-state index contributed by atoms with van der Waals surface area (Å²) in [7, 11) is -0.342. The number of methoxy groups -OCH3 is 2. The lowest BCUT2D eigenvalue weighted by atomic mass is 10.3. The van der Waals surface area contributed by atoms with Crippen LogP contribution in [0.5, 0.6) is 0 Å². The van der Waals surface area contributed by atoms with Gasteiger partial charge in [-0.15, -0.1) is 0 Å². The third-order valence-electron chi connectivity index (χ3n) is 2.66. The van der Waals surface area contributed by atoms with Gasteiger partial charge in [0.25, 0.3) is 0 Å². The molecule has 0 radical (unpaired) electrons. The summed E-state index contributed by atoms with van der Waals surface area (Å²) in [4.78, 5) is 0.